The van der Waals surface area contributed by atoms with Gasteiger partial charge in [0.25, 0.3) is 0 Å². The van der Waals surface area contributed by atoms with E-state index in [2.05, 4.69) is 20.7 Å². The van der Waals surface area contributed by atoms with Gasteiger partial charge in [-0.2, -0.15) is 5.10 Å². The van der Waals surface area contributed by atoms with E-state index in [0.29, 0.717) is 6.54 Å². The molecule has 3 heterocycles. The first-order valence-corrected chi connectivity index (χ1v) is 7.61. The van der Waals surface area contributed by atoms with E-state index < -0.39 is 0 Å². The van der Waals surface area contributed by atoms with Crippen molar-refractivity contribution < 1.29 is 4.79 Å². The molecule has 2 N–H and O–H groups in total. The topological polar surface area (TPSA) is 71.8 Å². The van der Waals surface area contributed by atoms with E-state index in [1.54, 1.807) is 10.9 Å². The molecular formula is C16H23Cl2N5O. The highest BCUT2D eigenvalue weighted by Crippen LogP contribution is 2.27. The average molecular weight is 372 g/mol. The molecule has 132 valence electrons. The van der Waals surface area contributed by atoms with Crippen molar-refractivity contribution in [2.45, 2.75) is 12.3 Å². The predicted molar refractivity (Wildman–Crippen MR) is 97.8 cm³/mol. The molecule has 1 fully saturated rings. The molecule has 24 heavy (non-hydrogen) atoms. The summed E-state index contributed by atoms with van der Waals surface area (Å²) in [5.74, 6) is 0.270. The van der Waals surface area contributed by atoms with Gasteiger partial charge in [0.1, 0.15) is 0 Å². The molecule has 1 aliphatic rings. The van der Waals surface area contributed by atoms with Gasteiger partial charge >= 0.3 is 0 Å². The molecule has 2 aromatic rings. The van der Waals surface area contributed by atoms with Crippen molar-refractivity contribution in [3.05, 3.63) is 48.0 Å². The number of aryl methyl sites for hydroxylation is 1. The van der Waals surface area contributed by atoms with Gasteiger partial charge in [0.2, 0.25) is 5.91 Å². The van der Waals surface area contributed by atoms with Gasteiger partial charge in [-0.15, -0.1) is 24.8 Å². The van der Waals surface area contributed by atoms with Gasteiger partial charge in [0.05, 0.1) is 12.1 Å². The maximum absolute atomic E-state index is 12.4. The van der Waals surface area contributed by atoms with Crippen LogP contribution in [0.3, 0.4) is 0 Å². The van der Waals surface area contributed by atoms with Crippen molar-refractivity contribution in [2.24, 2.45) is 13.0 Å². The Morgan fingerprint density at radius 3 is 2.88 bits per heavy atom. The normalized spacial score (nSPS) is 19.2. The maximum atomic E-state index is 12.4. The number of amides is 1. The quantitative estimate of drug-likeness (QED) is 0.831. The number of carbonyl (C=O) groups is 1. The number of hydrogen-bond acceptors (Lipinski definition) is 4. The molecule has 8 heteroatoms. The summed E-state index contributed by atoms with van der Waals surface area (Å²) in [7, 11) is 1.90. The lowest BCUT2D eigenvalue weighted by molar-refractivity contribution is -0.124. The highest BCUT2D eigenvalue weighted by atomic mass is 35.5. The van der Waals surface area contributed by atoms with Crippen LogP contribution in [0.5, 0.6) is 0 Å². The lowest BCUT2D eigenvalue weighted by atomic mass is 9.90. The summed E-state index contributed by atoms with van der Waals surface area (Å²) in [5.41, 5.74) is 2.12. The fourth-order valence-electron chi connectivity index (χ4n) is 2.93. The molecule has 3 rings (SSSR count). The van der Waals surface area contributed by atoms with Crippen LogP contribution in [0.4, 0.5) is 0 Å². The number of nitrogens with zero attached hydrogens (tertiary/aromatic N) is 3. The first-order chi connectivity index (χ1) is 10.7. The van der Waals surface area contributed by atoms with E-state index in [-0.39, 0.29) is 42.6 Å². The second-order valence-corrected chi connectivity index (χ2v) is 5.68. The van der Waals surface area contributed by atoms with Gasteiger partial charge in [-0.3, -0.25) is 14.5 Å². The van der Waals surface area contributed by atoms with Crippen LogP contribution in [0.15, 0.2) is 36.8 Å². The average Bonchev–Trinajstić information content (AvgIpc) is 3.16. The summed E-state index contributed by atoms with van der Waals surface area (Å²) in [6.45, 7) is 2.16. The van der Waals surface area contributed by atoms with E-state index in [1.807, 2.05) is 37.6 Å². The van der Waals surface area contributed by atoms with Crippen LogP contribution >= 0.6 is 24.8 Å². The van der Waals surface area contributed by atoms with Gasteiger partial charge in [-0.1, -0.05) is 6.07 Å². The predicted octanol–water partition coefficient (Wildman–Crippen LogP) is 1.32. The van der Waals surface area contributed by atoms with Gasteiger partial charge in [0, 0.05) is 57.1 Å². The molecule has 0 bridgehead atoms. The minimum absolute atomic E-state index is 0. The number of nitrogens with one attached hydrogen (secondary N) is 2. The molecule has 0 aliphatic carbocycles. The Kier molecular flexibility index (Phi) is 8.18. The molecule has 0 unspecified atom stereocenters. The zero-order valence-electron chi connectivity index (χ0n) is 13.5. The number of pyridine rings is 1. The number of hydrogen-bond donors (Lipinski definition) is 2. The second kappa shape index (κ2) is 9.61. The first-order valence-electron chi connectivity index (χ1n) is 7.61. The highest BCUT2D eigenvalue weighted by molar-refractivity contribution is 5.85. The summed E-state index contributed by atoms with van der Waals surface area (Å²) >= 11 is 0. The fraction of sp³-hybridized carbons (Fsp3) is 0.438. The molecule has 0 radical (unpaired) electrons. The Morgan fingerprint density at radius 1 is 1.38 bits per heavy atom. The third kappa shape index (κ3) is 4.93. The van der Waals surface area contributed by atoms with E-state index in [4.69, 9.17) is 0 Å². The third-order valence-corrected chi connectivity index (χ3v) is 4.11. The van der Waals surface area contributed by atoms with Crippen LogP contribution in [0.25, 0.3) is 0 Å². The van der Waals surface area contributed by atoms with Gasteiger partial charge < -0.3 is 10.6 Å². The summed E-state index contributed by atoms with van der Waals surface area (Å²) in [4.78, 5) is 16.7. The largest absolute Gasteiger partial charge is 0.355 e. The maximum Gasteiger partial charge on any atom is 0.225 e. The molecular weight excluding hydrogens is 349 g/mol. The molecule has 1 amide bonds. The van der Waals surface area contributed by atoms with Crippen molar-refractivity contribution in [1.82, 2.24) is 25.4 Å². The number of rotatable bonds is 5. The van der Waals surface area contributed by atoms with Crippen LogP contribution in [0, 0.1) is 5.92 Å². The van der Waals surface area contributed by atoms with E-state index in [1.165, 1.54) is 0 Å². The van der Waals surface area contributed by atoms with Crippen LogP contribution in [0.1, 0.15) is 17.2 Å². The molecule has 2 aromatic heterocycles. The first kappa shape index (κ1) is 20.4. The Labute approximate surface area is 154 Å². The molecule has 0 aromatic carbocycles. The third-order valence-electron chi connectivity index (χ3n) is 4.11. The monoisotopic (exact) mass is 371 g/mol. The smallest absolute Gasteiger partial charge is 0.225 e. The minimum Gasteiger partial charge on any atom is -0.355 e. The summed E-state index contributed by atoms with van der Waals surface area (Å²) in [6, 6.07) is 5.83. The Morgan fingerprint density at radius 2 is 2.21 bits per heavy atom. The molecule has 6 nitrogen and oxygen atoms in total. The summed E-state index contributed by atoms with van der Waals surface area (Å²) in [5, 5.41) is 10.5. The lowest BCUT2D eigenvalue weighted by Crippen LogP contribution is -2.35. The SMILES string of the molecule is Cl.Cl.Cn1cc([C@H]2CNC[C@@H]2C(=O)NCCc2ccccn2)cn1. The second-order valence-electron chi connectivity index (χ2n) is 5.68. The van der Waals surface area contributed by atoms with Crippen molar-refractivity contribution >= 4 is 30.7 Å². The Bertz CT molecular complexity index is 634. The van der Waals surface area contributed by atoms with Crippen LogP contribution in [-0.4, -0.2) is 40.3 Å². The number of aromatic nitrogens is 3. The van der Waals surface area contributed by atoms with Gasteiger partial charge in [-0.25, -0.2) is 0 Å². The highest BCUT2D eigenvalue weighted by Gasteiger charge is 2.34. The fourth-order valence-corrected chi connectivity index (χ4v) is 2.93. The number of carbonyl (C=O) groups excluding carboxylic acids is 1. The van der Waals surface area contributed by atoms with E-state index in [0.717, 1.165) is 30.8 Å². The van der Waals surface area contributed by atoms with Crippen molar-refractivity contribution in [2.75, 3.05) is 19.6 Å². The van der Waals surface area contributed by atoms with Gasteiger partial charge in [0.15, 0.2) is 0 Å². The van der Waals surface area contributed by atoms with Crippen LogP contribution in [-0.2, 0) is 18.3 Å². The standard InChI is InChI=1S/C16H21N5O.2ClH/c1-21-11-12(8-20-21)14-9-17-10-15(14)16(22)19-7-5-13-4-2-3-6-18-13;;/h2-4,6,8,11,14-15,17H,5,7,9-10H2,1H3,(H,19,22);2*1H/t14-,15+;;/m1../s1. The molecule has 1 aliphatic heterocycles. The number of halogens is 2. The summed E-state index contributed by atoms with van der Waals surface area (Å²) in [6.07, 6.45) is 6.37. The van der Waals surface area contributed by atoms with Crippen molar-refractivity contribution in [3.63, 3.8) is 0 Å². The molecule has 1 saturated heterocycles. The Balaban J connectivity index is 0.00000144. The van der Waals surface area contributed by atoms with Crippen molar-refractivity contribution in [1.29, 1.82) is 0 Å². The van der Waals surface area contributed by atoms with E-state index in [9.17, 15) is 4.79 Å². The summed E-state index contributed by atoms with van der Waals surface area (Å²) < 4.78 is 1.78. The Hall–Kier alpha value is -1.63. The van der Waals surface area contributed by atoms with Crippen molar-refractivity contribution in [3.8, 4) is 0 Å². The lowest BCUT2D eigenvalue weighted by Gasteiger charge is -2.16. The molecule has 0 saturated carbocycles. The van der Waals surface area contributed by atoms with Crippen LogP contribution in [0.2, 0.25) is 0 Å². The molecule has 2 atom stereocenters. The minimum atomic E-state index is -0.0343. The molecule has 0 spiro atoms. The zero-order valence-corrected chi connectivity index (χ0v) is 15.1. The van der Waals surface area contributed by atoms with E-state index >= 15 is 0 Å². The zero-order chi connectivity index (χ0) is 15.4. The van der Waals surface area contributed by atoms with Crippen LogP contribution < -0.4 is 10.6 Å². The van der Waals surface area contributed by atoms with Gasteiger partial charge in [-0.05, 0) is 17.7 Å².